The van der Waals surface area contributed by atoms with Crippen molar-refractivity contribution in [3.05, 3.63) is 29.0 Å². The Hall–Kier alpha value is -2.83. The highest BCUT2D eigenvalue weighted by atomic mass is 16.5. The Morgan fingerprint density at radius 3 is 2.27 bits per heavy atom. The number of Topliss-reactive ketones (excluding diaryl/α,β-unsaturated/α-hetero) is 1. The minimum atomic E-state index is -0.700. The number of hydrogen-bond donors (Lipinski definition) is 0. The molecule has 180 valence electrons. The molecule has 1 aliphatic heterocycles. The molecule has 1 aromatic rings. The van der Waals surface area contributed by atoms with Gasteiger partial charge in [0.15, 0.2) is 17.3 Å². The van der Waals surface area contributed by atoms with E-state index in [4.69, 9.17) is 23.9 Å². The summed E-state index contributed by atoms with van der Waals surface area (Å²) in [5.74, 6) is -0.197. The molecule has 0 saturated carbocycles. The topological polar surface area (TPSA) is 83.4 Å². The van der Waals surface area contributed by atoms with Crippen LogP contribution in [0.2, 0.25) is 0 Å². The first kappa shape index (κ1) is 24.8. The summed E-state index contributed by atoms with van der Waals surface area (Å²) in [5, 5.41) is 0. The Labute approximate surface area is 196 Å². The van der Waals surface area contributed by atoms with Crippen LogP contribution in [0.4, 0.5) is 0 Å². The molecule has 0 N–H and O–H groups in total. The zero-order valence-corrected chi connectivity index (χ0v) is 20.7. The molecule has 2 atom stereocenters. The van der Waals surface area contributed by atoms with Crippen LogP contribution in [0.15, 0.2) is 28.4 Å². The second kappa shape index (κ2) is 9.98. The molecule has 7 nitrogen and oxygen atoms in total. The highest BCUT2D eigenvalue weighted by Gasteiger charge is 2.46. The first-order valence-corrected chi connectivity index (χ1v) is 11.4. The maximum atomic E-state index is 13.4. The Bertz CT molecular complexity index is 965. The van der Waals surface area contributed by atoms with Crippen molar-refractivity contribution in [2.45, 2.75) is 59.3 Å². The van der Waals surface area contributed by atoms with Crippen molar-refractivity contribution in [2.24, 2.45) is 16.3 Å². The predicted molar refractivity (Wildman–Crippen MR) is 126 cm³/mol. The third-order valence-electron chi connectivity index (χ3n) is 6.34. The van der Waals surface area contributed by atoms with Gasteiger partial charge in [-0.25, -0.2) is 0 Å². The van der Waals surface area contributed by atoms with E-state index in [2.05, 4.69) is 13.8 Å². The van der Waals surface area contributed by atoms with Crippen molar-refractivity contribution in [3.8, 4) is 17.2 Å². The number of benzene rings is 1. The number of esters is 1. The van der Waals surface area contributed by atoms with E-state index in [0.717, 1.165) is 24.1 Å². The quantitative estimate of drug-likeness (QED) is 0.409. The van der Waals surface area contributed by atoms with E-state index in [-0.39, 0.29) is 17.2 Å². The fourth-order valence-electron chi connectivity index (χ4n) is 4.80. The first-order chi connectivity index (χ1) is 15.7. The zero-order valence-electron chi connectivity index (χ0n) is 20.7. The van der Waals surface area contributed by atoms with Crippen molar-refractivity contribution >= 4 is 17.5 Å². The Morgan fingerprint density at radius 2 is 1.73 bits per heavy atom. The highest BCUT2D eigenvalue weighted by Crippen LogP contribution is 2.50. The van der Waals surface area contributed by atoms with Crippen molar-refractivity contribution in [1.29, 1.82) is 0 Å². The Kier molecular flexibility index (Phi) is 7.50. The average Bonchev–Trinajstić information content (AvgIpc) is 2.76. The van der Waals surface area contributed by atoms with Gasteiger partial charge in [0.1, 0.15) is 5.92 Å². The molecule has 33 heavy (non-hydrogen) atoms. The van der Waals surface area contributed by atoms with Gasteiger partial charge in [-0.1, -0.05) is 27.2 Å². The molecule has 3 rings (SSSR count). The molecule has 0 aromatic heterocycles. The normalized spacial score (nSPS) is 21.8. The Morgan fingerprint density at radius 1 is 1.09 bits per heavy atom. The summed E-state index contributed by atoms with van der Waals surface area (Å²) in [6, 6.07) is 3.63. The smallest absolute Gasteiger partial charge is 0.315 e. The van der Waals surface area contributed by atoms with Crippen LogP contribution < -0.4 is 14.2 Å². The number of carbonyl (C=O) groups excluding carboxylic acids is 2. The summed E-state index contributed by atoms with van der Waals surface area (Å²) >= 11 is 0. The van der Waals surface area contributed by atoms with E-state index in [1.165, 1.54) is 0 Å². The lowest BCUT2D eigenvalue weighted by molar-refractivity contribution is -0.146. The lowest BCUT2D eigenvalue weighted by atomic mass is 9.67. The maximum absolute atomic E-state index is 13.4. The van der Waals surface area contributed by atoms with Crippen molar-refractivity contribution in [2.75, 3.05) is 27.9 Å². The van der Waals surface area contributed by atoms with E-state index >= 15 is 0 Å². The molecule has 7 heteroatoms. The van der Waals surface area contributed by atoms with Crippen molar-refractivity contribution in [3.63, 3.8) is 0 Å². The van der Waals surface area contributed by atoms with E-state index in [9.17, 15) is 9.59 Å². The zero-order chi connectivity index (χ0) is 24.3. The molecule has 1 aliphatic carbocycles. The summed E-state index contributed by atoms with van der Waals surface area (Å²) < 4.78 is 22.2. The van der Waals surface area contributed by atoms with Gasteiger partial charge < -0.3 is 18.9 Å². The molecule has 0 amide bonds. The van der Waals surface area contributed by atoms with Crippen LogP contribution in [0, 0.1) is 11.3 Å². The second-order valence-electron chi connectivity index (χ2n) is 9.49. The molecule has 0 bridgehead atoms. The predicted octanol–water partition coefficient (Wildman–Crippen LogP) is 4.87. The largest absolute Gasteiger partial charge is 0.493 e. The summed E-state index contributed by atoms with van der Waals surface area (Å²) in [6.07, 6.45) is 2.78. The van der Waals surface area contributed by atoms with E-state index < -0.39 is 11.8 Å². The molecule has 1 unspecified atom stereocenters. The number of carbonyl (C=O) groups is 2. The van der Waals surface area contributed by atoms with Gasteiger partial charge in [-0.3, -0.25) is 14.6 Å². The minimum Gasteiger partial charge on any atom is -0.493 e. The van der Waals surface area contributed by atoms with Crippen molar-refractivity contribution < 1.29 is 28.5 Å². The summed E-state index contributed by atoms with van der Waals surface area (Å²) in [6.45, 7) is 8.36. The fraction of sp³-hybridized carbons (Fsp3) is 0.577. The van der Waals surface area contributed by atoms with Crippen LogP contribution in [0.25, 0.3) is 0 Å². The van der Waals surface area contributed by atoms with Gasteiger partial charge in [0.2, 0.25) is 5.75 Å². The number of rotatable bonds is 8. The lowest BCUT2D eigenvalue weighted by Crippen LogP contribution is -2.39. The van der Waals surface area contributed by atoms with Gasteiger partial charge in [0.05, 0.1) is 27.9 Å². The molecular formula is C26H35NO6. The third kappa shape index (κ3) is 4.92. The molecular weight excluding hydrogens is 422 g/mol. The summed E-state index contributed by atoms with van der Waals surface area (Å²) in [4.78, 5) is 31.5. The van der Waals surface area contributed by atoms with Gasteiger partial charge in [0, 0.05) is 29.3 Å². The number of aliphatic imine (C=N–C) groups is 1. The van der Waals surface area contributed by atoms with Gasteiger partial charge in [-0.2, -0.15) is 0 Å². The standard InChI is InChI=1S/C26H35NO6/c1-8-9-10-33-25(29)21-15(2)27-17-13-26(3,4)14-18(28)23(17)22(21)16-11-19(30-5)24(32-7)20(12-16)31-6/h11-12,21-22H,8-10,13-14H2,1-7H3/t21?,22-/m0/s1. The maximum Gasteiger partial charge on any atom is 0.315 e. The van der Waals surface area contributed by atoms with E-state index in [1.54, 1.807) is 21.3 Å². The number of allylic oxidation sites excluding steroid dienone is 2. The first-order valence-electron chi connectivity index (χ1n) is 11.4. The van der Waals surface area contributed by atoms with Crippen LogP contribution in [0.3, 0.4) is 0 Å². The van der Waals surface area contributed by atoms with Crippen LogP contribution >= 0.6 is 0 Å². The van der Waals surface area contributed by atoms with E-state index in [1.807, 2.05) is 26.0 Å². The second-order valence-corrected chi connectivity index (χ2v) is 9.49. The third-order valence-corrected chi connectivity index (χ3v) is 6.34. The van der Waals surface area contributed by atoms with Gasteiger partial charge >= 0.3 is 5.97 Å². The van der Waals surface area contributed by atoms with Crippen molar-refractivity contribution in [1.82, 2.24) is 0 Å². The molecule has 2 aliphatic rings. The number of nitrogens with zero attached hydrogens (tertiary/aromatic N) is 1. The average molecular weight is 458 g/mol. The molecule has 0 fully saturated rings. The number of unbranched alkanes of at least 4 members (excludes halogenated alkanes) is 1. The monoisotopic (exact) mass is 457 g/mol. The Balaban J connectivity index is 2.19. The van der Waals surface area contributed by atoms with Gasteiger partial charge in [-0.05, 0) is 42.9 Å². The molecule has 0 spiro atoms. The minimum absolute atomic E-state index is 0.0163. The van der Waals surface area contributed by atoms with Crippen LogP contribution in [0.5, 0.6) is 17.2 Å². The SMILES string of the molecule is CCCCOC(=O)C1C(C)=NC2=C(C(=O)CC(C)(C)C2)[C@H]1c1cc(OC)c(OC)c(OC)c1. The van der Waals surface area contributed by atoms with Crippen LogP contribution in [-0.4, -0.2) is 45.4 Å². The number of ether oxygens (including phenoxy) is 4. The van der Waals surface area contributed by atoms with Crippen LogP contribution in [-0.2, 0) is 14.3 Å². The highest BCUT2D eigenvalue weighted by molar-refractivity contribution is 6.09. The van der Waals surface area contributed by atoms with Gasteiger partial charge in [-0.15, -0.1) is 0 Å². The fourth-order valence-corrected chi connectivity index (χ4v) is 4.80. The van der Waals surface area contributed by atoms with Crippen LogP contribution in [0.1, 0.15) is 64.9 Å². The summed E-state index contributed by atoms with van der Waals surface area (Å²) in [7, 11) is 4.63. The number of methoxy groups -OCH3 is 3. The van der Waals surface area contributed by atoms with E-state index in [0.29, 0.717) is 48.0 Å². The van der Waals surface area contributed by atoms with Gasteiger partial charge in [0.25, 0.3) is 0 Å². The lowest BCUT2D eigenvalue weighted by Gasteiger charge is -2.39. The molecule has 0 saturated heterocycles. The number of ketones is 1. The number of hydrogen-bond acceptors (Lipinski definition) is 7. The molecule has 1 aromatic carbocycles. The molecule has 0 radical (unpaired) electrons. The summed E-state index contributed by atoms with van der Waals surface area (Å²) in [5.41, 5.74) is 2.54. The molecule has 1 heterocycles.